The maximum atomic E-state index is 12.8. The molecule has 3 atom stereocenters. The Morgan fingerprint density at radius 1 is 1.30 bits per heavy atom. The second-order valence-electron chi connectivity index (χ2n) is 7.07. The first-order valence-corrected chi connectivity index (χ1v) is 7.36. The van der Waals surface area contributed by atoms with Gasteiger partial charge in [0, 0.05) is 36.2 Å². The summed E-state index contributed by atoms with van der Waals surface area (Å²) in [7, 11) is 0. The fourth-order valence-corrected chi connectivity index (χ4v) is 3.57. The van der Waals surface area contributed by atoms with Gasteiger partial charge in [-0.2, -0.15) is 0 Å². The number of fused-ring (bicyclic) bond motifs is 4. The number of piperidine rings is 1. The number of Topliss-reactive ketones (excluding diaryl/α,β-unsaturated/α-hetero) is 1. The van der Waals surface area contributed by atoms with Gasteiger partial charge in [-0.15, -0.1) is 0 Å². The van der Waals surface area contributed by atoms with E-state index in [0.717, 1.165) is 25.2 Å². The van der Waals surface area contributed by atoms with Crippen LogP contribution in [0.2, 0.25) is 0 Å². The van der Waals surface area contributed by atoms with Gasteiger partial charge < -0.3 is 9.88 Å². The minimum Gasteiger partial charge on any atom is -0.316 e. The number of carbonyl (C=O) groups is 1. The third kappa shape index (κ3) is 2.03. The molecule has 0 aliphatic carbocycles. The van der Waals surface area contributed by atoms with E-state index in [1.54, 1.807) is 10.6 Å². The molecule has 0 amide bonds. The van der Waals surface area contributed by atoms with Crippen molar-refractivity contribution in [2.24, 2.45) is 11.3 Å². The average Bonchev–Trinajstić information content (AvgIpc) is 2.39. The Balaban J connectivity index is 2.17. The molecule has 0 saturated carbocycles. The summed E-state index contributed by atoms with van der Waals surface area (Å²) in [5.74, 6) is 0.749. The minimum atomic E-state index is -0.429. The van der Waals surface area contributed by atoms with Crippen LogP contribution in [0.25, 0.3) is 0 Å². The molecule has 0 radical (unpaired) electrons. The summed E-state index contributed by atoms with van der Waals surface area (Å²) >= 11 is 0. The Bertz CT molecular complexity index is 597. The van der Waals surface area contributed by atoms with Crippen molar-refractivity contribution in [3.8, 4) is 0 Å². The highest BCUT2D eigenvalue weighted by molar-refractivity contribution is 5.88. The number of nitrogens with zero attached hydrogens (tertiary/aromatic N) is 1. The van der Waals surface area contributed by atoms with Gasteiger partial charge in [0.05, 0.1) is 6.04 Å². The highest BCUT2D eigenvalue weighted by Crippen LogP contribution is 2.41. The first-order valence-electron chi connectivity index (χ1n) is 7.36. The third-order valence-corrected chi connectivity index (χ3v) is 4.56. The van der Waals surface area contributed by atoms with E-state index < -0.39 is 5.41 Å². The summed E-state index contributed by atoms with van der Waals surface area (Å²) in [6.45, 7) is 7.53. The normalized spacial score (nSPS) is 28.9. The zero-order valence-corrected chi connectivity index (χ0v) is 12.3. The lowest BCUT2D eigenvalue weighted by Gasteiger charge is -2.44. The number of nitrogens with one attached hydrogen (secondary N) is 1. The number of hydrogen-bond acceptors (Lipinski definition) is 3. The van der Waals surface area contributed by atoms with E-state index in [1.165, 1.54) is 0 Å². The van der Waals surface area contributed by atoms with Crippen molar-refractivity contribution in [2.45, 2.75) is 39.2 Å². The molecular formula is C16H22N2O2. The van der Waals surface area contributed by atoms with Crippen molar-refractivity contribution in [1.82, 2.24) is 9.88 Å². The second-order valence-corrected chi connectivity index (χ2v) is 7.07. The monoisotopic (exact) mass is 274 g/mol. The second kappa shape index (κ2) is 4.55. The van der Waals surface area contributed by atoms with Crippen molar-refractivity contribution in [3.63, 3.8) is 0 Å². The van der Waals surface area contributed by atoms with Gasteiger partial charge in [-0.3, -0.25) is 9.59 Å². The number of ketones is 1. The maximum absolute atomic E-state index is 12.8. The molecule has 1 aromatic heterocycles. The molecule has 4 heteroatoms. The molecule has 3 rings (SSSR count). The molecule has 1 N–H and O–H groups in total. The number of aromatic nitrogens is 1. The van der Waals surface area contributed by atoms with Crippen LogP contribution in [0.3, 0.4) is 0 Å². The fraction of sp³-hybridized carbons (Fsp3) is 0.625. The molecule has 3 heterocycles. The first kappa shape index (κ1) is 13.6. The highest BCUT2D eigenvalue weighted by Gasteiger charge is 2.44. The maximum Gasteiger partial charge on any atom is 0.251 e. The van der Waals surface area contributed by atoms with Crippen molar-refractivity contribution in [3.05, 3.63) is 34.2 Å². The number of rotatable bonds is 1. The number of carbonyl (C=O) groups excluding carboxylic acids is 1. The standard InChI is InChI=1S/C16H22N2O2/c1-16(2,3)15(20)14-11-7-10(8-17-9-11)12-5-4-6-13(19)18(12)14/h4-6,10-11,14,17H,7-9H2,1-3H3/t10-,11+,14+/m1/s1. The predicted octanol–water partition coefficient (Wildman–Crippen LogP) is 1.71. The largest absolute Gasteiger partial charge is 0.316 e. The van der Waals surface area contributed by atoms with Crippen LogP contribution >= 0.6 is 0 Å². The molecule has 108 valence electrons. The summed E-state index contributed by atoms with van der Waals surface area (Å²) in [4.78, 5) is 25.2. The van der Waals surface area contributed by atoms with Gasteiger partial charge in [-0.1, -0.05) is 26.8 Å². The molecule has 0 spiro atoms. The molecule has 2 aliphatic rings. The van der Waals surface area contributed by atoms with Crippen LogP contribution in [0.4, 0.5) is 0 Å². The van der Waals surface area contributed by atoms with Gasteiger partial charge in [0.25, 0.3) is 5.56 Å². The van der Waals surface area contributed by atoms with E-state index in [0.29, 0.717) is 5.92 Å². The third-order valence-electron chi connectivity index (χ3n) is 4.56. The molecule has 4 nitrogen and oxygen atoms in total. The van der Waals surface area contributed by atoms with Crippen LogP contribution in [0.15, 0.2) is 23.0 Å². The van der Waals surface area contributed by atoms with Gasteiger partial charge >= 0.3 is 0 Å². The van der Waals surface area contributed by atoms with Gasteiger partial charge in [0.15, 0.2) is 5.78 Å². The Hall–Kier alpha value is -1.42. The van der Waals surface area contributed by atoms with Crippen LogP contribution in [-0.2, 0) is 4.79 Å². The Morgan fingerprint density at radius 3 is 2.75 bits per heavy atom. The predicted molar refractivity (Wildman–Crippen MR) is 77.9 cm³/mol. The highest BCUT2D eigenvalue weighted by atomic mass is 16.1. The molecule has 2 bridgehead atoms. The van der Waals surface area contributed by atoms with Crippen molar-refractivity contribution in [1.29, 1.82) is 0 Å². The molecule has 1 fully saturated rings. The summed E-state index contributed by atoms with van der Waals surface area (Å²) < 4.78 is 1.77. The molecule has 20 heavy (non-hydrogen) atoms. The van der Waals surface area contributed by atoms with Crippen molar-refractivity contribution < 1.29 is 4.79 Å². The molecule has 1 saturated heterocycles. The zero-order valence-electron chi connectivity index (χ0n) is 12.3. The van der Waals surface area contributed by atoms with Crippen LogP contribution in [-0.4, -0.2) is 23.4 Å². The Labute approximate surface area is 119 Å². The smallest absolute Gasteiger partial charge is 0.251 e. The van der Waals surface area contributed by atoms with Gasteiger partial charge in [-0.25, -0.2) is 0 Å². The zero-order chi connectivity index (χ0) is 14.5. The van der Waals surface area contributed by atoms with Crippen molar-refractivity contribution >= 4 is 5.78 Å². The van der Waals surface area contributed by atoms with Crippen LogP contribution in [0, 0.1) is 11.3 Å². The number of hydrogen-bond donors (Lipinski definition) is 1. The fourth-order valence-electron chi connectivity index (χ4n) is 3.57. The molecule has 0 aromatic carbocycles. The van der Waals surface area contributed by atoms with Gasteiger partial charge in [-0.05, 0) is 18.4 Å². The summed E-state index contributed by atoms with van der Waals surface area (Å²) in [5.41, 5.74) is 0.548. The van der Waals surface area contributed by atoms with E-state index in [2.05, 4.69) is 5.32 Å². The van der Waals surface area contributed by atoms with E-state index in [4.69, 9.17) is 0 Å². The van der Waals surface area contributed by atoms with Crippen molar-refractivity contribution in [2.75, 3.05) is 13.1 Å². The number of pyridine rings is 1. The summed E-state index contributed by atoms with van der Waals surface area (Å²) in [6.07, 6.45) is 1.00. The van der Waals surface area contributed by atoms with E-state index in [1.807, 2.05) is 32.9 Å². The SMILES string of the molecule is CC(C)(C)C(=O)[C@@H]1[C@@H]2CNC[C@@H](C2)c2cccc(=O)n21. The Kier molecular flexibility index (Phi) is 3.09. The Morgan fingerprint density at radius 2 is 2.05 bits per heavy atom. The lowest BCUT2D eigenvalue weighted by atomic mass is 9.73. The van der Waals surface area contributed by atoms with Gasteiger partial charge in [0.1, 0.15) is 0 Å². The molecule has 0 unspecified atom stereocenters. The van der Waals surface area contributed by atoms with E-state index >= 15 is 0 Å². The minimum absolute atomic E-state index is 0.0401. The molecule has 2 aliphatic heterocycles. The first-order chi connectivity index (χ1) is 9.39. The van der Waals surface area contributed by atoms with Crippen LogP contribution in [0.1, 0.15) is 44.8 Å². The van der Waals surface area contributed by atoms with E-state index in [-0.39, 0.29) is 23.3 Å². The van der Waals surface area contributed by atoms with Gasteiger partial charge in [0.2, 0.25) is 0 Å². The average molecular weight is 274 g/mol. The topological polar surface area (TPSA) is 51.1 Å². The van der Waals surface area contributed by atoms with Crippen LogP contribution < -0.4 is 10.9 Å². The van der Waals surface area contributed by atoms with Crippen LogP contribution in [0.5, 0.6) is 0 Å². The lowest BCUT2D eigenvalue weighted by molar-refractivity contribution is -0.132. The summed E-state index contributed by atoms with van der Waals surface area (Å²) in [6, 6.07) is 5.06. The quantitative estimate of drug-likeness (QED) is 0.848. The van der Waals surface area contributed by atoms with E-state index in [9.17, 15) is 9.59 Å². The molecule has 1 aromatic rings. The molecular weight excluding hydrogens is 252 g/mol. The lowest BCUT2D eigenvalue weighted by Crippen LogP contribution is -2.51. The summed E-state index contributed by atoms with van der Waals surface area (Å²) in [5, 5.41) is 3.42.